The minimum Gasteiger partial charge on any atom is -0.495 e. The van der Waals surface area contributed by atoms with Crippen LogP contribution in [0.15, 0.2) is 57.9 Å². The van der Waals surface area contributed by atoms with E-state index in [9.17, 15) is 12.8 Å². The molecule has 0 atom stereocenters. The summed E-state index contributed by atoms with van der Waals surface area (Å²) in [4.78, 5) is 4.27. The van der Waals surface area contributed by atoms with Crippen LogP contribution >= 0.6 is 0 Å². The molecule has 0 radical (unpaired) electrons. The van der Waals surface area contributed by atoms with Crippen molar-refractivity contribution in [2.45, 2.75) is 37.6 Å². The van der Waals surface area contributed by atoms with Crippen LogP contribution in [0.1, 0.15) is 32.5 Å². The predicted molar refractivity (Wildman–Crippen MR) is 106 cm³/mol. The number of rotatable bonds is 6. The minimum atomic E-state index is -4.06. The Kier molecular flexibility index (Phi) is 5.61. The number of hydrogen-bond acceptors (Lipinski definition) is 6. The van der Waals surface area contributed by atoms with Gasteiger partial charge in [0.15, 0.2) is 5.82 Å². The molecule has 0 unspecified atom stereocenters. The van der Waals surface area contributed by atoms with Crippen molar-refractivity contribution in [2.75, 3.05) is 11.4 Å². The lowest BCUT2D eigenvalue weighted by Gasteiger charge is -2.24. The Morgan fingerprint density at radius 2 is 1.76 bits per heavy atom. The van der Waals surface area contributed by atoms with Gasteiger partial charge in [-0.25, -0.2) is 12.8 Å². The summed E-state index contributed by atoms with van der Waals surface area (Å²) in [6.07, 6.45) is 0. The van der Waals surface area contributed by atoms with Gasteiger partial charge >= 0.3 is 0 Å². The molecule has 0 saturated heterocycles. The van der Waals surface area contributed by atoms with Crippen LogP contribution in [0.4, 0.5) is 10.1 Å². The molecule has 0 aliphatic carbocycles. The molecule has 0 bridgehead atoms. The average Bonchev–Trinajstić information content (AvgIpc) is 3.15. The van der Waals surface area contributed by atoms with Gasteiger partial charge in [-0.3, -0.25) is 4.31 Å². The van der Waals surface area contributed by atoms with E-state index < -0.39 is 15.8 Å². The summed E-state index contributed by atoms with van der Waals surface area (Å²) < 4.78 is 51.8. The lowest BCUT2D eigenvalue weighted by molar-refractivity contribution is 0.318. The molecular weight excluding hydrogens is 397 g/mol. The van der Waals surface area contributed by atoms with Crippen molar-refractivity contribution >= 4 is 15.7 Å². The summed E-state index contributed by atoms with van der Waals surface area (Å²) in [5.74, 6) is 0.427. The Balaban J connectivity index is 2.09. The summed E-state index contributed by atoms with van der Waals surface area (Å²) >= 11 is 0. The Morgan fingerprint density at radius 3 is 2.34 bits per heavy atom. The van der Waals surface area contributed by atoms with Crippen LogP contribution in [-0.4, -0.2) is 25.7 Å². The molecule has 0 amide bonds. The molecule has 0 saturated carbocycles. The molecule has 0 aliphatic rings. The zero-order valence-electron chi connectivity index (χ0n) is 16.6. The van der Waals surface area contributed by atoms with Gasteiger partial charge in [0.25, 0.3) is 10.0 Å². The fourth-order valence-electron chi connectivity index (χ4n) is 2.62. The molecule has 9 heteroatoms. The fourth-order valence-corrected chi connectivity index (χ4v) is 4.05. The maximum absolute atomic E-state index is 13.4. The van der Waals surface area contributed by atoms with Gasteiger partial charge in [-0.1, -0.05) is 38.1 Å². The van der Waals surface area contributed by atoms with Gasteiger partial charge in [0.1, 0.15) is 11.6 Å². The van der Waals surface area contributed by atoms with Crippen LogP contribution in [0, 0.1) is 5.82 Å². The van der Waals surface area contributed by atoms with Crippen molar-refractivity contribution in [1.29, 1.82) is 0 Å². The maximum atomic E-state index is 13.4. The number of halogens is 1. The van der Waals surface area contributed by atoms with E-state index in [1.165, 1.54) is 19.2 Å². The number of ether oxygens (including phenoxy) is 1. The minimum absolute atomic E-state index is 0.0654. The first-order chi connectivity index (χ1) is 13.6. The van der Waals surface area contributed by atoms with Crippen molar-refractivity contribution in [3.63, 3.8) is 0 Å². The number of sulfonamides is 1. The van der Waals surface area contributed by atoms with Crippen LogP contribution < -0.4 is 9.04 Å². The number of aromatic nitrogens is 2. The second-order valence-electron chi connectivity index (χ2n) is 7.40. The first kappa shape index (κ1) is 20.8. The molecular formula is C20H22FN3O4S. The van der Waals surface area contributed by atoms with Gasteiger partial charge in [0.2, 0.25) is 5.89 Å². The van der Waals surface area contributed by atoms with Crippen molar-refractivity contribution in [3.05, 3.63) is 66.1 Å². The van der Waals surface area contributed by atoms with E-state index in [4.69, 9.17) is 9.26 Å². The predicted octanol–water partition coefficient (Wildman–Crippen LogP) is 3.91. The third-order valence-corrected chi connectivity index (χ3v) is 5.92. The lowest BCUT2D eigenvalue weighted by atomic mass is 9.97. The molecule has 3 rings (SSSR count). The van der Waals surface area contributed by atoms with Crippen LogP contribution in [0.5, 0.6) is 5.75 Å². The highest BCUT2D eigenvalue weighted by molar-refractivity contribution is 7.92. The monoisotopic (exact) mass is 419 g/mol. The fraction of sp³-hybridized carbons (Fsp3) is 0.300. The molecule has 7 nitrogen and oxygen atoms in total. The van der Waals surface area contributed by atoms with Gasteiger partial charge in [-0.2, -0.15) is 4.98 Å². The molecule has 1 aromatic heterocycles. The van der Waals surface area contributed by atoms with Gasteiger partial charge in [0, 0.05) is 5.41 Å². The molecule has 0 spiro atoms. The van der Waals surface area contributed by atoms with E-state index in [2.05, 4.69) is 10.1 Å². The Morgan fingerprint density at radius 1 is 1.10 bits per heavy atom. The first-order valence-electron chi connectivity index (χ1n) is 8.87. The van der Waals surface area contributed by atoms with E-state index in [0.717, 1.165) is 16.4 Å². The van der Waals surface area contributed by atoms with Crippen LogP contribution in [0.25, 0.3) is 0 Å². The number of hydrogen-bond donors (Lipinski definition) is 0. The van der Waals surface area contributed by atoms with Gasteiger partial charge in [-0.15, -0.1) is 0 Å². The quantitative estimate of drug-likeness (QED) is 0.602. The summed E-state index contributed by atoms with van der Waals surface area (Å²) in [5, 5.41) is 3.93. The lowest BCUT2D eigenvalue weighted by Crippen LogP contribution is -2.31. The Labute approximate surface area is 169 Å². The van der Waals surface area contributed by atoms with Crippen molar-refractivity contribution in [1.82, 2.24) is 10.1 Å². The average molecular weight is 419 g/mol. The molecule has 0 fully saturated rings. The summed E-state index contributed by atoms with van der Waals surface area (Å²) in [6.45, 7) is 5.56. The number of methoxy groups -OCH3 is 1. The summed E-state index contributed by atoms with van der Waals surface area (Å²) in [7, 11) is -2.61. The molecule has 1 heterocycles. The van der Waals surface area contributed by atoms with Gasteiger partial charge in [0.05, 0.1) is 24.2 Å². The van der Waals surface area contributed by atoms with Crippen LogP contribution in [-0.2, 0) is 22.0 Å². The maximum Gasteiger partial charge on any atom is 0.264 e. The highest BCUT2D eigenvalue weighted by atomic mass is 32.2. The topological polar surface area (TPSA) is 85.5 Å². The normalized spacial score (nSPS) is 12.0. The van der Waals surface area contributed by atoms with Crippen molar-refractivity contribution < 1.29 is 22.1 Å². The largest absolute Gasteiger partial charge is 0.495 e. The van der Waals surface area contributed by atoms with Crippen molar-refractivity contribution in [2.24, 2.45) is 0 Å². The molecule has 0 aliphatic heterocycles. The number of benzene rings is 2. The SMILES string of the molecule is COc1ccccc1N(Cc1noc(C(C)(C)C)n1)S(=O)(=O)c1ccc(F)cc1. The second kappa shape index (κ2) is 7.82. The van der Waals surface area contributed by atoms with E-state index in [1.807, 2.05) is 20.8 Å². The molecule has 0 N–H and O–H groups in total. The molecule has 29 heavy (non-hydrogen) atoms. The molecule has 2 aromatic carbocycles. The smallest absolute Gasteiger partial charge is 0.264 e. The van der Waals surface area contributed by atoms with Gasteiger partial charge in [-0.05, 0) is 36.4 Å². The van der Waals surface area contributed by atoms with Crippen molar-refractivity contribution in [3.8, 4) is 5.75 Å². The van der Waals surface area contributed by atoms with E-state index in [1.54, 1.807) is 24.3 Å². The van der Waals surface area contributed by atoms with Crippen LogP contribution in [0.2, 0.25) is 0 Å². The summed E-state index contributed by atoms with van der Waals surface area (Å²) in [6, 6.07) is 11.3. The number of nitrogens with zero attached hydrogens (tertiary/aromatic N) is 3. The van der Waals surface area contributed by atoms with E-state index >= 15 is 0 Å². The third-order valence-electron chi connectivity index (χ3n) is 4.15. The third kappa shape index (κ3) is 4.40. The zero-order valence-corrected chi connectivity index (χ0v) is 17.4. The standard InChI is InChI=1S/C20H22FN3O4S/c1-20(2,3)19-22-18(23-28-19)13-24(16-7-5-6-8-17(16)27-4)29(25,26)15-11-9-14(21)10-12-15/h5-12H,13H2,1-4H3. The zero-order chi connectivity index (χ0) is 21.2. The van der Waals surface area contributed by atoms with E-state index in [0.29, 0.717) is 17.3 Å². The first-order valence-corrected chi connectivity index (χ1v) is 10.3. The van der Waals surface area contributed by atoms with Gasteiger partial charge < -0.3 is 9.26 Å². The Bertz CT molecular complexity index is 1090. The second-order valence-corrected chi connectivity index (χ2v) is 9.27. The van der Waals surface area contributed by atoms with Crippen LogP contribution in [0.3, 0.4) is 0 Å². The Hall–Kier alpha value is -2.94. The molecule has 154 valence electrons. The highest BCUT2D eigenvalue weighted by Crippen LogP contribution is 2.33. The molecule has 3 aromatic rings. The summed E-state index contributed by atoms with van der Waals surface area (Å²) in [5.41, 5.74) is -0.0717. The van der Waals surface area contributed by atoms with E-state index in [-0.39, 0.29) is 22.7 Å². The number of anilines is 1. The number of para-hydroxylation sites is 2. The highest BCUT2D eigenvalue weighted by Gasteiger charge is 2.30.